The summed E-state index contributed by atoms with van der Waals surface area (Å²) in [5.74, 6) is -0.233. The van der Waals surface area contributed by atoms with Gasteiger partial charge in [-0.3, -0.25) is 9.36 Å². The highest BCUT2D eigenvalue weighted by molar-refractivity contribution is 7.45. The fourth-order valence-corrected chi connectivity index (χ4v) is 9.82. The minimum absolute atomic E-state index is 0.0153. The summed E-state index contributed by atoms with van der Waals surface area (Å²) in [5.41, 5.74) is 0. The lowest BCUT2D eigenvalue weighted by molar-refractivity contribution is -0.870. The molecule has 83 heavy (non-hydrogen) atoms. The van der Waals surface area contributed by atoms with E-state index in [-0.39, 0.29) is 12.5 Å². The normalized spacial score (nSPS) is 14.6. The Morgan fingerprint density at radius 3 is 1.07 bits per heavy atom. The SMILES string of the molecule is CC/C=C\C/C=C\C/C=C\C/C=C\C/C=C\C/C=C\C/C=C\C/C=C\C/C=C\C/C=C\C/C=C\CCCCCC(=O)NC(COP(=O)([O-])OCC[N+](C)(C)C)C(O)/C=C/CCCCCCCCCCCCCCCCCCCCCCCC. The molecule has 0 bridgehead atoms. The van der Waals surface area contributed by atoms with Gasteiger partial charge in [0, 0.05) is 6.42 Å². The molecule has 0 aromatic heterocycles. The third-order valence-corrected chi connectivity index (χ3v) is 15.3. The second-order valence-corrected chi connectivity index (χ2v) is 24.9. The predicted molar refractivity (Wildman–Crippen MR) is 361 cm³/mol. The van der Waals surface area contributed by atoms with Crippen LogP contribution in [-0.2, 0) is 18.4 Å². The number of phosphoric acid groups is 1. The molecule has 9 heteroatoms. The van der Waals surface area contributed by atoms with Crippen molar-refractivity contribution in [3.8, 4) is 0 Å². The van der Waals surface area contributed by atoms with Crippen LogP contribution in [0.4, 0.5) is 0 Å². The molecule has 3 unspecified atom stereocenters. The van der Waals surface area contributed by atoms with E-state index in [4.69, 9.17) is 9.05 Å². The number of phosphoric ester groups is 1. The van der Waals surface area contributed by atoms with Gasteiger partial charge in [0.25, 0.3) is 7.82 Å². The average Bonchev–Trinajstić information content (AvgIpc) is 3.50. The second kappa shape index (κ2) is 62.9. The first-order chi connectivity index (χ1) is 40.5. The maximum Gasteiger partial charge on any atom is 0.268 e. The van der Waals surface area contributed by atoms with Crippen molar-refractivity contribution in [2.24, 2.45) is 0 Å². The summed E-state index contributed by atoms with van der Waals surface area (Å²) in [6.45, 7) is 4.52. The van der Waals surface area contributed by atoms with E-state index >= 15 is 0 Å². The first-order valence-corrected chi connectivity index (χ1v) is 35.2. The van der Waals surface area contributed by atoms with Crippen LogP contribution < -0.4 is 10.2 Å². The van der Waals surface area contributed by atoms with Gasteiger partial charge in [0.2, 0.25) is 5.91 Å². The topological polar surface area (TPSA) is 108 Å². The van der Waals surface area contributed by atoms with Gasteiger partial charge in [-0.25, -0.2) is 0 Å². The molecular formula is C74H127N2O6P. The van der Waals surface area contributed by atoms with Crippen molar-refractivity contribution in [2.75, 3.05) is 40.9 Å². The molecular weight excluding hydrogens is 1040 g/mol. The number of hydrogen-bond acceptors (Lipinski definition) is 6. The van der Waals surface area contributed by atoms with Crippen molar-refractivity contribution in [3.05, 3.63) is 146 Å². The number of allylic oxidation sites excluding steroid dienone is 23. The van der Waals surface area contributed by atoms with Gasteiger partial charge in [-0.15, -0.1) is 0 Å². The van der Waals surface area contributed by atoms with E-state index < -0.39 is 26.6 Å². The van der Waals surface area contributed by atoms with E-state index in [1.54, 1.807) is 6.08 Å². The molecule has 0 aliphatic carbocycles. The molecule has 0 rings (SSSR count). The Bertz CT molecular complexity index is 1860. The van der Waals surface area contributed by atoms with E-state index in [1.165, 1.54) is 128 Å². The van der Waals surface area contributed by atoms with Gasteiger partial charge in [-0.1, -0.05) is 301 Å². The van der Waals surface area contributed by atoms with Gasteiger partial charge in [0.15, 0.2) is 0 Å². The first-order valence-electron chi connectivity index (χ1n) is 33.7. The molecule has 0 aliphatic heterocycles. The number of amides is 1. The first kappa shape index (κ1) is 79.4. The Balaban J connectivity index is 4.25. The highest BCUT2D eigenvalue weighted by Gasteiger charge is 2.23. The van der Waals surface area contributed by atoms with Gasteiger partial charge in [-0.2, -0.15) is 0 Å². The Morgan fingerprint density at radius 1 is 0.434 bits per heavy atom. The molecule has 0 saturated carbocycles. The van der Waals surface area contributed by atoms with Crippen molar-refractivity contribution < 1.29 is 32.9 Å². The van der Waals surface area contributed by atoms with E-state index in [2.05, 4.69) is 153 Å². The molecule has 0 heterocycles. The summed E-state index contributed by atoms with van der Waals surface area (Å²) >= 11 is 0. The summed E-state index contributed by atoms with van der Waals surface area (Å²) in [6, 6.07) is -0.917. The number of nitrogens with one attached hydrogen (secondary N) is 1. The van der Waals surface area contributed by atoms with Gasteiger partial charge in [-0.05, 0) is 103 Å². The highest BCUT2D eigenvalue weighted by atomic mass is 31.2. The Morgan fingerprint density at radius 2 is 0.735 bits per heavy atom. The zero-order valence-corrected chi connectivity index (χ0v) is 55.0. The van der Waals surface area contributed by atoms with Crippen LogP contribution in [0.2, 0.25) is 0 Å². The number of aliphatic hydroxyl groups excluding tert-OH is 1. The zero-order chi connectivity index (χ0) is 60.5. The number of nitrogens with zero attached hydrogens (tertiary/aromatic N) is 1. The van der Waals surface area contributed by atoms with Gasteiger partial charge >= 0.3 is 0 Å². The Kier molecular flexibility index (Phi) is 60.2. The van der Waals surface area contributed by atoms with Gasteiger partial charge in [0.1, 0.15) is 13.2 Å². The lowest BCUT2D eigenvalue weighted by atomic mass is 10.0. The highest BCUT2D eigenvalue weighted by Crippen LogP contribution is 2.38. The van der Waals surface area contributed by atoms with Crippen LogP contribution in [0.15, 0.2) is 146 Å². The van der Waals surface area contributed by atoms with Crippen LogP contribution in [0.5, 0.6) is 0 Å². The van der Waals surface area contributed by atoms with E-state index in [1.807, 2.05) is 27.2 Å². The van der Waals surface area contributed by atoms with Crippen molar-refractivity contribution in [1.29, 1.82) is 0 Å². The molecule has 0 spiro atoms. The predicted octanol–water partition coefficient (Wildman–Crippen LogP) is 21.0. The molecule has 0 radical (unpaired) electrons. The van der Waals surface area contributed by atoms with Crippen LogP contribution in [0.1, 0.15) is 264 Å². The minimum atomic E-state index is -4.62. The number of carbonyl (C=O) groups excluding carboxylic acids is 1. The maximum atomic E-state index is 13.0. The molecule has 2 N–H and O–H groups in total. The monoisotopic (exact) mass is 1170 g/mol. The number of likely N-dealkylation sites (N-methyl/N-ethyl adjacent to an activating group) is 1. The largest absolute Gasteiger partial charge is 0.756 e. The van der Waals surface area contributed by atoms with Crippen molar-refractivity contribution >= 4 is 13.7 Å². The molecule has 3 atom stereocenters. The molecule has 0 aromatic carbocycles. The number of aliphatic hydroxyl groups is 1. The smallest absolute Gasteiger partial charge is 0.268 e. The average molecular weight is 1170 g/mol. The van der Waals surface area contributed by atoms with Crippen LogP contribution in [-0.4, -0.2) is 68.5 Å². The Hall–Kier alpha value is -3.62. The van der Waals surface area contributed by atoms with Crippen molar-refractivity contribution in [2.45, 2.75) is 276 Å². The zero-order valence-electron chi connectivity index (χ0n) is 54.1. The number of hydrogen-bond donors (Lipinski definition) is 2. The fourth-order valence-electron chi connectivity index (χ4n) is 9.10. The van der Waals surface area contributed by atoms with Crippen LogP contribution in [0.3, 0.4) is 0 Å². The number of quaternary nitrogens is 1. The van der Waals surface area contributed by atoms with Crippen molar-refractivity contribution in [1.82, 2.24) is 5.32 Å². The fraction of sp³-hybridized carbons (Fsp3) is 0.662. The van der Waals surface area contributed by atoms with E-state index in [0.717, 1.165) is 109 Å². The van der Waals surface area contributed by atoms with Crippen LogP contribution in [0.25, 0.3) is 0 Å². The quantitative estimate of drug-likeness (QED) is 0.0272. The summed E-state index contributed by atoms with van der Waals surface area (Å²) in [5, 5.41) is 13.9. The molecule has 0 fully saturated rings. The maximum absolute atomic E-state index is 13.0. The van der Waals surface area contributed by atoms with Crippen molar-refractivity contribution in [3.63, 3.8) is 0 Å². The van der Waals surface area contributed by atoms with E-state index in [0.29, 0.717) is 23.9 Å². The summed E-state index contributed by atoms with van der Waals surface area (Å²) in [4.78, 5) is 25.6. The molecule has 0 aliphatic rings. The molecule has 474 valence electrons. The van der Waals surface area contributed by atoms with Gasteiger partial charge in [0.05, 0.1) is 39.9 Å². The third kappa shape index (κ3) is 65.8. The molecule has 0 saturated heterocycles. The molecule has 8 nitrogen and oxygen atoms in total. The Labute approximate surface area is 512 Å². The molecule has 1 amide bonds. The number of carbonyl (C=O) groups is 1. The lowest BCUT2D eigenvalue weighted by Gasteiger charge is -2.29. The standard InChI is InChI=1S/C74H127N2O6P/c1-6-8-10-12-14-16-18-20-22-24-26-28-30-32-33-34-35-36-37-38-39-40-41-42-43-44-46-48-50-52-54-56-58-60-62-64-66-68-74(78)75-72(71-82-83(79,80)81-70-69-76(3,4)5)73(77)67-65-63-61-59-57-55-53-51-49-47-45-31-29-27-25-23-21-19-17-15-13-11-9-7-2/h8,10,14,16,20,22,26,28,32-33,35-36,38-39,41-42,44,46,50,52,56,58,65,67,72-73,77H,6-7,9,11-13,15,17-19,21,23-25,27,29-31,34,37,40,43,45,47-49,51,53-55,57,59-64,66,68-71H2,1-5H3,(H-,75,78,79,80)/b10-8-,16-14-,22-20-,28-26-,33-32-,36-35-,39-38-,42-41-,46-44-,52-50-,58-56-,67-65+. The summed E-state index contributed by atoms with van der Waals surface area (Å²) in [7, 11) is 1.22. The summed E-state index contributed by atoms with van der Waals surface area (Å²) in [6.07, 6.45) is 96.6. The summed E-state index contributed by atoms with van der Waals surface area (Å²) < 4.78 is 23.4. The lowest BCUT2D eigenvalue weighted by Crippen LogP contribution is -2.45. The van der Waals surface area contributed by atoms with Crippen LogP contribution in [0, 0.1) is 0 Å². The van der Waals surface area contributed by atoms with Crippen LogP contribution >= 0.6 is 7.82 Å². The number of unbranched alkanes of at least 4 members (excludes halogenated alkanes) is 25. The number of rotatable bonds is 60. The van der Waals surface area contributed by atoms with E-state index in [9.17, 15) is 19.4 Å². The minimum Gasteiger partial charge on any atom is -0.756 e. The third-order valence-electron chi connectivity index (χ3n) is 14.3. The van der Waals surface area contributed by atoms with Gasteiger partial charge < -0.3 is 28.8 Å². The molecule has 0 aromatic rings. The second-order valence-electron chi connectivity index (χ2n) is 23.4.